The lowest BCUT2D eigenvalue weighted by molar-refractivity contribution is -0.122. The molecule has 2 aromatic rings. The monoisotopic (exact) mass is 358 g/mol. The lowest BCUT2D eigenvalue weighted by atomic mass is 9.96. The van der Waals surface area contributed by atoms with Gasteiger partial charge in [0.1, 0.15) is 12.1 Å². The average Bonchev–Trinajstić information content (AvgIpc) is 2.97. The van der Waals surface area contributed by atoms with Crippen LogP contribution < -0.4 is 10.6 Å². The zero-order chi connectivity index (χ0) is 18.7. The molecule has 7 heteroatoms. The van der Waals surface area contributed by atoms with E-state index in [4.69, 9.17) is 10.8 Å². The summed E-state index contributed by atoms with van der Waals surface area (Å²) in [5.41, 5.74) is 7.48. The molecule has 0 atom stereocenters. The summed E-state index contributed by atoms with van der Waals surface area (Å²) < 4.78 is 2.04. The van der Waals surface area contributed by atoms with Gasteiger partial charge in [-0.3, -0.25) is 4.79 Å². The third-order valence-corrected chi connectivity index (χ3v) is 5.10. The third-order valence-electron chi connectivity index (χ3n) is 5.10. The van der Waals surface area contributed by atoms with E-state index in [9.17, 15) is 4.79 Å². The van der Waals surface area contributed by atoms with Gasteiger partial charge in [-0.2, -0.15) is 5.10 Å². The number of primary amides is 1. The fourth-order valence-corrected chi connectivity index (χ4v) is 3.67. The van der Waals surface area contributed by atoms with Crippen molar-refractivity contribution in [2.24, 2.45) is 17.6 Å². The van der Waals surface area contributed by atoms with Crippen LogP contribution in [-0.2, 0) is 17.8 Å². The Kier molecular flexibility index (Phi) is 5.74. The predicted octanol–water partition coefficient (Wildman–Crippen LogP) is 2.53. The van der Waals surface area contributed by atoms with E-state index in [1.165, 1.54) is 0 Å². The van der Waals surface area contributed by atoms with E-state index in [0.717, 1.165) is 74.3 Å². The molecular weight excluding hydrogens is 328 g/mol. The highest BCUT2D eigenvalue weighted by Gasteiger charge is 2.27. The van der Waals surface area contributed by atoms with E-state index in [0.29, 0.717) is 5.92 Å². The van der Waals surface area contributed by atoms with Crippen LogP contribution in [0.15, 0.2) is 6.33 Å². The number of nitrogens with two attached hydrogens (primary N) is 1. The van der Waals surface area contributed by atoms with E-state index in [1.54, 1.807) is 6.33 Å². The smallest absolute Gasteiger partial charge is 0.220 e. The molecule has 1 saturated heterocycles. The number of amides is 1. The Hall–Kier alpha value is -2.18. The van der Waals surface area contributed by atoms with Crippen LogP contribution in [0.1, 0.15) is 52.1 Å². The largest absolute Gasteiger partial charge is 0.369 e. The van der Waals surface area contributed by atoms with Gasteiger partial charge < -0.3 is 10.6 Å². The highest BCUT2D eigenvalue weighted by molar-refractivity contribution is 5.90. The fraction of sp³-hybridized carbons (Fsp3) is 0.684. The molecule has 1 fully saturated rings. The average molecular weight is 358 g/mol. The summed E-state index contributed by atoms with van der Waals surface area (Å²) in [4.78, 5) is 22.9. The van der Waals surface area contributed by atoms with Gasteiger partial charge in [-0.25, -0.2) is 14.6 Å². The molecule has 0 spiro atoms. The summed E-state index contributed by atoms with van der Waals surface area (Å²) in [6.07, 6.45) is 6.32. The number of hydrogen-bond donors (Lipinski definition) is 1. The van der Waals surface area contributed by atoms with Gasteiger partial charge in [0.25, 0.3) is 0 Å². The molecule has 1 aliphatic heterocycles. The molecule has 0 aliphatic carbocycles. The third kappa shape index (κ3) is 3.81. The number of unbranched alkanes of at least 4 members (excludes halogenated alkanes) is 1. The maximum absolute atomic E-state index is 11.5. The maximum atomic E-state index is 11.5. The van der Waals surface area contributed by atoms with Crippen molar-refractivity contribution >= 4 is 22.8 Å². The molecule has 2 aromatic heterocycles. The summed E-state index contributed by atoms with van der Waals surface area (Å²) in [6, 6.07) is 0. The molecule has 3 heterocycles. The molecule has 0 saturated carbocycles. The van der Waals surface area contributed by atoms with Crippen molar-refractivity contribution < 1.29 is 4.79 Å². The molecule has 2 N–H and O–H groups in total. The van der Waals surface area contributed by atoms with Crippen molar-refractivity contribution in [3.05, 3.63) is 12.0 Å². The van der Waals surface area contributed by atoms with Crippen molar-refractivity contribution in [2.75, 3.05) is 18.0 Å². The van der Waals surface area contributed by atoms with E-state index in [1.807, 2.05) is 4.68 Å². The molecule has 0 unspecified atom stereocenters. The van der Waals surface area contributed by atoms with E-state index in [2.05, 4.69) is 35.6 Å². The minimum Gasteiger partial charge on any atom is -0.369 e. The molecule has 142 valence electrons. The van der Waals surface area contributed by atoms with Gasteiger partial charge in [0.05, 0.1) is 11.1 Å². The molecular formula is C19H30N6O. The Bertz CT molecular complexity index is 761. The minimum atomic E-state index is -0.189. The van der Waals surface area contributed by atoms with Crippen LogP contribution in [0.3, 0.4) is 0 Å². The Morgan fingerprint density at radius 1 is 1.31 bits per heavy atom. The van der Waals surface area contributed by atoms with Gasteiger partial charge in [0, 0.05) is 25.6 Å². The second-order valence-corrected chi connectivity index (χ2v) is 7.68. The number of anilines is 1. The first-order valence-electron chi connectivity index (χ1n) is 9.75. The van der Waals surface area contributed by atoms with Crippen LogP contribution in [-0.4, -0.2) is 38.7 Å². The van der Waals surface area contributed by atoms with Gasteiger partial charge >= 0.3 is 0 Å². The first kappa shape index (κ1) is 18.6. The summed E-state index contributed by atoms with van der Waals surface area (Å²) in [5, 5.41) is 5.96. The predicted molar refractivity (Wildman–Crippen MR) is 103 cm³/mol. The fourth-order valence-electron chi connectivity index (χ4n) is 3.67. The van der Waals surface area contributed by atoms with Gasteiger partial charge in [-0.1, -0.05) is 27.2 Å². The standard InChI is InChI=1S/C19H30N6O/c1-4-5-8-25-19-16(15(23-25)11-13(2)3)18(21-12-22-19)24-9-6-14(7-10-24)17(20)26/h12-14H,4-11H2,1-3H3,(H2,20,26). The van der Waals surface area contributed by atoms with Crippen LogP contribution >= 0.6 is 0 Å². The van der Waals surface area contributed by atoms with Crippen molar-refractivity contribution in [1.29, 1.82) is 0 Å². The van der Waals surface area contributed by atoms with Crippen LogP contribution in [0.4, 0.5) is 5.82 Å². The Morgan fingerprint density at radius 2 is 2.04 bits per heavy atom. The summed E-state index contributed by atoms with van der Waals surface area (Å²) in [5.74, 6) is 1.26. The first-order chi connectivity index (χ1) is 12.5. The molecule has 1 amide bonds. The number of aryl methyl sites for hydroxylation is 1. The summed E-state index contributed by atoms with van der Waals surface area (Å²) in [6.45, 7) is 9.06. The molecule has 0 bridgehead atoms. The van der Waals surface area contributed by atoms with Gasteiger partial charge in [-0.05, 0) is 31.6 Å². The van der Waals surface area contributed by atoms with Crippen LogP contribution in [0.5, 0.6) is 0 Å². The second kappa shape index (κ2) is 8.01. The lowest BCUT2D eigenvalue weighted by Crippen LogP contribution is -2.39. The lowest BCUT2D eigenvalue weighted by Gasteiger charge is -2.31. The second-order valence-electron chi connectivity index (χ2n) is 7.68. The molecule has 7 nitrogen and oxygen atoms in total. The number of hydrogen-bond acceptors (Lipinski definition) is 5. The Labute approximate surface area is 155 Å². The summed E-state index contributed by atoms with van der Waals surface area (Å²) in [7, 11) is 0. The zero-order valence-electron chi connectivity index (χ0n) is 16.1. The van der Waals surface area contributed by atoms with Gasteiger partial charge in [0.2, 0.25) is 5.91 Å². The number of carbonyl (C=O) groups excluding carboxylic acids is 1. The van der Waals surface area contributed by atoms with Gasteiger partial charge in [0.15, 0.2) is 5.65 Å². The van der Waals surface area contributed by atoms with Crippen LogP contribution in [0.25, 0.3) is 11.0 Å². The van der Waals surface area contributed by atoms with E-state index < -0.39 is 0 Å². The number of rotatable bonds is 7. The minimum absolute atomic E-state index is 0.0222. The van der Waals surface area contributed by atoms with E-state index >= 15 is 0 Å². The highest BCUT2D eigenvalue weighted by Crippen LogP contribution is 2.31. The number of piperidine rings is 1. The normalized spacial score (nSPS) is 15.9. The summed E-state index contributed by atoms with van der Waals surface area (Å²) >= 11 is 0. The van der Waals surface area contributed by atoms with Gasteiger partial charge in [-0.15, -0.1) is 0 Å². The SMILES string of the molecule is CCCCn1nc(CC(C)C)c2c(N3CCC(C(N)=O)CC3)ncnc21. The number of fused-ring (bicyclic) bond motifs is 1. The molecule has 1 aliphatic rings. The van der Waals surface area contributed by atoms with Crippen molar-refractivity contribution in [3.8, 4) is 0 Å². The van der Waals surface area contributed by atoms with Crippen molar-refractivity contribution in [1.82, 2.24) is 19.7 Å². The molecule has 0 radical (unpaired) electrons. The zero-order valence-corrected chi connectivity index (χ0v) is 16.1. The van der Waals surface area contributed by atoms with Crippen LogP contribution in [0, 0.1) is 11.8 Å². The topological polar surface area (TPSA) is 89.9 Å². The molecule has 3 rings (SSSR count). The Balaban J connectivity index is 1.97. The quantitative estimate of drug-likeness (QED) is 0.821. The maximum Gasteiger partial charge on any atom is 0.220 e. The Morgan fingerprint density at radius 3 is 2.65 bits per heavy atom. The van der Waals surface area contributed by atoms with Crippen LogP contribution in [0.2, 0.25) is 0 Å². The number of aromatic nitrogens is 4. The van der Waals surface area contributed by atoms with Crippen molar-refractivity contribution in [2.45, 2.75) is 59.4 Å². The number of carbonyl (C=O) groups is 1. The van der Waals surface area contributed by atoms with E-state index in [-0.39, 0.29) is 11.8 Å². The first-order valence-corrected chi connectivity index (χ1v) is 9.75. The highest BCUT2D eigenvalue weighted by atomic mass is 16.1. The molecule has 0 aromatic carbocycles. The number of nitrogens with zero attached hydrogens (tertiary/aromatic N) is 5. The molecule has 26 heavy (non-hydrogen) atoms. The van der Waals surface area contributed by atoms with Crippen molar-refractivity contribution in [3.63, 3.8) is 0 Å².